The molecule has 1 heterocycles. The Morgan fingerprint density at radius 3 is 2.88 bits per heavy atom. The van der Waals surface area contributed by atoms with Gasteiger partial charge >= 0.3 is 0 Å². The quantitative estimate of drug-likeness (QED) is 0.490. The number of carbonyl (C=O) groups excluding carboxylic acids is 1. The lowest BCUT2D eigenvalue weighted by atomic mass is 10.0. The topological polar surface area (TPSA) is 56.7 Å². The van der Waals surface area contributed by atoms with Crippen LogP contribution in [0.25, 0.3) is 0 Å². The highest BCUT2D eigenvalue weighted by Crippen LogP contribution is 2.15. The standard InChI is InChI=1S/C18H27FN4O/c1-14-5-4-10-23(13-14)18(20-2)22-9-8-21-17(24)12-15-6-3-7-16(19)11-15/h3,6-7,11,14H,4-5,8-10,12-13H2,1-2H3,(H,20,22)(H,21,24). The van der Waals surface area contributed by atoms with Crippen LogP contribution in [-0.2, 0) is 11.2 Å². The second-order valence-corrected chi connectivity index (χ2v) is 6.32. The van der Waals surface area contributed by atoms with Gasteiger partial charge in [-0.15, -0.1) is 0 Å². The molecule has 1 unspecified atom stereocenters. The SMILES string of the molecule is CN=C(NCCNC(=O)Cc1cccc(F)c1)N1CCCC(C)C1. The molecule has 1 saturated heterocycles. The molecule has 2 N–H and O–H groups in total. The number of nitrogens with zero attached hydrogens (tertiary/aromatic N) is 2. The average Bonchev–Trinajstić information content (AvgIpc) is 2.55. The fraction of sp³-hybridized carbons (Fsp3) is 0.556. The molecular weight excluding hydrogens is 307 g/mol. The third kappa shape index (κ3) is 5.83. The molecule has 0 radical (unpaired) electrons. The highest BCUT2D eigenvalue weighted by Gasteiger charge is 2.18. The van der Waals surface area contributed by atoms with Crippen molar-refractivity contribution in [2.75, 3.05) is 33.2 Å². The van der Waals surface area contributed by atoms with E-state index in [2.05, 4.69) is 27.4 Å². The van der Waals surface area contributed by atoms with E-state index in [9.17, 15) is 9.18 Å². The molecule has 1 atom stereocenters. The van der Waals surface area contributed by atoms with Crippen LogP contribution in [0.5, 0.6) is 0 Å². The molecule has 1 fully saturated rings. The second kappa shape index (κ2) is 9.25. The lowest BCUT2D eigenvalue weighted by molar-refractivity contribution is -0.120. The Morgan fingerprint density at radius 1 is 1.38 bits per heavy atom. The van der Waals surface area contributed by atoms with Gasteiger partial charge in [0.25, 0.3) is 0 Å². The zero-order valence-electron chi connectivity index (χ0n) is 14.5. The summed E-state index contributed by atoms with van der Waals surface area (Å²) >= 11 is 0. The smallest absolute Gasteiger partial charge is 0.224 e. The van der Waals surface area contributed by atoms with Crippen LogP contribution in [-0.4, -0.2) is 50.0 Å². The highest BCUT2D eigenvalue weighted by atomic mass is 19.1. The van der Waals surface area contributed by atoms with Crippen LogP contribution < -0.4 is 10.6 Å². The lowest BCUT2D eigenvalue weighted by Gasteiger charge is -2.33. The van der Waals surface area contributed by atoms with Gasteiger partial charge in [0.05, 0.1) is 6.42 Å². The average molecular weight is 334 g/mol. The van der Waals surface area contributed by atoms with E-state index in [1.54, 1.807) is 19.2 Å². The van der Waals surface area contributed by atoms with Gasteiger partial charge < -0.3 is 15.5 Å². The van der Waals surface area contributed by atoms with Crippen molar-refractivity contribution in [3.63, 3.8) is 0 Å². The maximum absolute atomic E-state index is 13.1. The summed E-state index contributed by atoms with van der Waals surface area (Å²) < 4.78 is 13.1. The molecule has 0 aliphatic carbocycles. The van der Waals surface area contributed by atoms with Gasteiger partial charge in [-0.2, -0.15) is 0 Å². The van der Waals surface area contributed by atoms with E-state index < -0.39 is 0 Å². The molecule has 1 aromatic rings. The molecule has 0 aromatic heterocycles. The Balaban J connectivity index is 1.68. The molecule has 2 rings (SSSR count). The van der Waals surface area contributed by atoms with Crippen molar-refractivity contribution in [3.8, 4) is 0 Å². The summed E-state index contributed by atoms with van der Waals surface area (Å²) in [6.07, 6.45) is 2.64. The van der Waals surface area contributed by atoms with Gasteiger partial charge in [0, 0.05) is 33.2 Å². The first-order chi connectivity index (χ1) is 11.6. The normalized spacial score (nSPS) is 18.4. The first-order valence-electron chi connectivity index (χ1n) is 8.55. The number of amides is 1. The molecular formula is C18H27FN4O. The predicted octanol–water partition coefficient (Wildman–Crippen LogP) is 1.79. The fourth-order valence-corrected chi connectivity index (χ4v) is 2.99. The van der Waals surface area contributed by atoms with E-state index in [0.29, 0.717) is 24.6 Å². The number of hydrogen-bond donors (Lipinski definition) is 2. The van der Waals surface area contributed by atoms with Crippen LogP contribution in [0.4, 0.5) is 4.39 Å². The van der Waals surface area contributed by atoms with Crippen molar-refractivity contribution in [1.82, 2.24) is 15.5 Å². The Bertz CT molecular complexity index is 576. The number of halogens is 1. The molecule has 0 spiro atoms. The van der Waals surface area contributed by atoms with Crippen molar-refractivity contribution in [3.05, 3.63) is 35.6 Å². The van der Waals surface area contributed by atoms with E-state index in [1.807, 2.05) is 0 Å². The zero-order chi connectivity index (χ0) is 17.4. The van der Waals surface area contributed by atoms with Gasteiger partial charge in [-0.25, -0.2) is 4.39 Å². The van der Waals surface area contributed by atoms with E-state index >= 15 is 0 Å². The number of likely N-dealkylation sites (tertiary alicyclic amines) is 1. The van der Waals surface area contributed by atoms with Gasteiger partial charge in [0.15, 0.2) is 5.96 Å². The van der Waals surface area contributed by atoms with Gasteiger partial charge in [-0.05, 0) is 36.5 Å². The molecule has 1 aliphatic heterocycles. The first-order valence-corrected chi connectivity index (χ1v) is 8.55. The molecule has 0 saturated carbocycles. The van der Waals surface area contributed by atoms with Crippen molar-refractivity contribution in [2.24, 2.45) is 10.9 Å². The number of rotatable bonds is 5. The summed E-state index contributed by atoms with van der Waals surface area (Å²) in [5, 5.41) is 6.13. The molecule has 132 valence electrons. The molecule has 1 amide bonds. The lowest BCUT2D eigenvalue weighted by Crippen LogP contribution is -2.47. The van der Waals surface area contributed by atoms with Crippen molar-refractivity contribution >= 4 is 11.9 Å². The number of nitrogens with one attached hydrogen (secondary N) is 2. The van der Waals surface area contributed by atoms with Crippen LogP contribution in [0, 0.1) is 11.7 Å². The Kier molecular flexibility index (Phi) is 7.03. The highest BCUT2D eigenvalue weighted by molar-refractivity contribution is 5.80. The first kappa shape index (κ1) is 18.2. The van der Waals surface area contributed by atoms with Gasteiger partial charge in [-0.3, -0.25) is 9.79 Å². The van der Waals surface area contributed by atoms with Crippen LogP contribution in [0.3, 0.4) is 0 Å². The molecule has 1 aromatic carbocycles. The number of piperidine rings is 1. The number of hydrogen-bond acceptors (Lipinski definition) is 2. The summed E-state index contributed by atoms with van der Waals surface area (Å²) in [4.78, 5) is 18.5. The number of carbonyl (C=O) groups is 1. The molecule has 5 nitrogen and oxygen atoms in total. The monoisotopic (exact) mass is 334 g/mol. The Hall–Kier alpha value is -2.11. The van der Waals surface area contributed by atoms with Crippen LogP contribution >= 0.6 is 0 Å². The minimum absolute atomic E-state index is 0.107. The van der Waals surface area contributed by atoms with Crippen molar-refractivity contribution < 1.29 is 9.18 Å². The number of benzene rings is 1. The summed E-state index contributed by atoms with van der Waals surface area (Å²) in [6.45, 7) is 5.43. The number of guanidine groups is 1. The van der Waals surface area contributed by atoms with Crippen molar-refractivity contribution in [1.29, 1.82) is 0 Å². The molecule has 0 bridgehead atoms. The second-order valence-electron chi connectivity index (χ2n) is 6.32. The van der Waals surface area contributed by atoms with Gasteiger partial charge in [0.1, 0.15) is 5.82 Å². The van der Waals surface area contributed by atoms with Crippen LogP contribution in [0.1, 0.15) is 25.3 Å². The van der Waals surface area contributed by atoms with Crippen molar-refractivity contribution in [2.45, 2.75) is 26.2 Å². The van der Waals surface area contributed by atoms with Crippen LogP contribution in [0.15, 0.2) is 29.3 Å². The molecule has 24 heavy (non-hydrogen) atoms. The minimum atomic E-state index is -0.318. The number of aliphatic imine (C=N–C) groups is 1. The summed E-state index contributed by atoms with van der Waals surface area (Å²) in [6, 6.07) is 6.12. The maximum Gasteiger partial charge on any atom is 0.224 e. The third-order valence-electron chi connectivity index (χ3n) is 4.15. The van der Waals surface area contributed by atoms with Gasteiger partial charge in [-0.1, -0.05) is 19.1 Å². The maximum atomic E-state index is 13.1. The van der Waals surface area contributed by atoms with E-state index in [-0.39, 0.29) is 18.1 Å². The summed E-state index contributed by atoms with van der Waals surface area (Å²) in [7, 11) is 1.78. The Morgan fingerprint density at radius 2 is 2.17 bits per heavy atom. The van der Waals surface area contributed by atoms with E-state index in [4.69, 9.17) is 0 Å². The molecule has 1 aliphatic rings. The molecule has 6 heteroatoms. The Labute approximate surface area is 143 Å². The van der Waals surface area contributed by atoms with E-state index in [1.165, 1.54) is 25.0 Å². The largest absolute Gasteiger partial charge is 0.354 e. The zero-order valence-corrected chi connectivity index (χ0v) is 14.5. The summed E-state index contributed by atoms with van der Waals surface area (Å²) in [5.74, 6) is 1.15. The van der Waals surface area contributed by atoms with Gasteiger partial charge in [0.2, 0.25) is 5.91 Å². The minimum Gasteiger partial charge on any atom is -0.354 e. The third-order valence-corrected chi connectivity index (χ3v) is 4.15. The fourth-order valence-electron chi connectivity index (χ4n) is 2.99. The summed E-state index contributed by atoms with van der Waals surface area (Å²) in [5.41, 5.74) is 0.679. The van der Waals surface area contributed by atoms with Crippen LogP contribution in [0.2, 0.25) is 0 Å². The predicted molar refractivity (Wildman–Crippen MR) is 94.4 cm³/mol. The van der Waals surface area contributed by atoms with E-state index in [0.717, 1.165) is 19.0 Å².